The monoisotopic (exact) mass is 358 g/mol. The van der Waals surface area contributed by atoms with Gasteiger partial charge >= 0.3 is 0 Å². The zero-order valence-corrected chi connectivity index (χ0v) is 15.0. The Balaban J connectivity index is 1.75. The van der Waals surface area contributed by atoms with E-state index in [1.165, 1.54) is 24.5 Å². The number of hydrogen-bond donors (Lipinski definition) is 3. The normalized spacial score (nSPS) is 33.2. The van der Waals surface area contributed by atoms with Gasteiger partial charge in [0.25, 0.3) is 5.91 Å². The van der Waals surface area contributed by atoms with Gasteiger partial charge in [-0.15, -0.1) is 0 Å². The van der Waals surface area contributed by atoms with E-state index in [4.69, 9.17) is 0 Å². The number of hydrogen-bond acceptors (Lipinski definition) is 5. The van der Waals surface area contributed by atoms with Crippen molar-refractivity contribution in [2.75, 3.05) is 0 Å². The van der Waals surface area contributed by atoms with Crippen LogP contribution in [-0.4, -0.2) is 28.6 Å². The minimum atomic E-state index is -0.958. The number of piperidine rings is 1. The Morgan fingerprint density at radius 1 is 0.962 bits per heavy atom. The average Bonchev–Trinajstić information content (AvgIpc) is 2.58. The van der Waals surface area contributed by atoms with Crippen molar-refractivity contribution in [2.45, 2.75) is 40.0 Å². The number of nitrogens with one attached hydrogen (secondary N) is 3. The maximum Gasteiger partial charge on any atom is 0.269 e. The van der Waals surface area contributed by atoms with Crippen molar-refractivity contribution in [1.82, 2.24) is 21.2 Å². The summed E-state index contributed by atoms with van der Waals surface area (Å²) in [6, 6.07) is 3.05. The fraction of sp³-hybridized carbons (Fsp3) is 0.500. The maximum absolute atomic E-state index is 12.8. The largest absolute Gasteiger partial charge is 0.296 e. The lowest BCUT2D eigenvalue weighted by atomic mass is 9.52. The smallest absolute Gasteiger partial charge is 0.269 e. The number of fused-ring (bicyclic) bond motifs is 2. The number of hydrazine groups is 1. The molecule has 2 atom stereocenters. The zero-order valence-electron chi connectivity index (χ0n) is 15.0. The first-order valence-corrected chi connectivity index (χ1v) is 8.45. The molecule has 3 rings (SSSR count). The molecule has 0 aromatic carbocycles. The summed E-state index contributed by atoms with van der Waals surface area (Å²) in [5.41, 5.74) is 2.62. The summed E-state index contributed by atoms with van der Waals surface area (Å²) in [4.78, 5) is 53.3. The van der Waals surface area contributed by atoms with Gasteiger partial charge in [0.05, 0.1) is 5.41 Å². The van der Waals surface area contributed by atoms with Crippen LogP contribution in [0.1, 0.15) is 50.4 Å². The van der Waals surface area contributed by atoms with Crippen LogP contribution in [0.3, 0.4) is 0 Å². The van der Waals surface area contributed by atoms with Crippen LogP contribution in [0.4, 0.5) is 0 Å². The van der Waals surface area contributed by atoms with Crippen LogP contribution < -0.4 is 16.2 Å². The Morgan fingerprint density at radius 2 is 1.50 bits per heavy atom. The Kier molecular flexibility index (Phi) is 4.09. The number of pyridine rings is 1. The zero-order chi connectivity index (χ0) is 19.2. The van der Waals surface area contributed by atoms with Crippen LogP contribution in [0, 0.1) is 16.2 Å². The van der Waals surface area contributed by atoms with Crippen LogP contribution >= 0.6 is 0 Å². The fourth-order valence-electron chi connectivity index (χ4n) is 4.50. The third-order valence-electron chi connectivity index (χ3n) is 5.44. The second kappa shape index (κ2) is 5.89. The van der Waals surface area contributed by atoms with E-state index in [-0.39, 0.29) is 11.8 Å². The lowest BCUT2D eigenvalue weighted by Crippen LogP contribution is -2.64. The van der Waals surface area contributed by atoms with E-state index in [1.807, 2.05) is 0 Å². The maximum atomic E-state index is 12.8. The number of rotatable bonds is 2. The standard InChI is InChI=1S/C18H22N4O4/c1-16-8-17(2,14(25)20-13(16)24)10-18(3,9-16)15(26)22-21-12(23)11-4-6-19-7-5-11/h4-7H,8-10H2,1-3H3,(H,21,23)(H,22,26)(H,20,24,25). The molecule has 2 unspecified atom stereocenters. The van der Waals surface area contributed by atoms with E-state index in [0.717, 1.165) is 0 Å². The summed E-state index contributed by atoms with van der Waals surface area (Å²) in [5.74, 6) is -1.58. The quantitative estimate of drug-likeness (QED) is 0.531. The highest BCUT2D eigenvalue weighted by atomic mass is 16.2. The molecule has 2 bridgehead atoms. The molecule has 0 spiro atoms. The van der Waals surface area contributed by atoms with E-state index in [2.05, 4.69) is 21.2 Å². The molecular formula is C18H22N4O4. The Labute approximate surface area is 151 Å². The molecule has 3 N–H and O–H groups in total. The summed E-state index contributed by atoms with van der Waals surface area (Å²) in [7, 11) is 0. The van der Waals surface area contributed by atoms with Crippen molar-refractivity contribution in [3.8, 4) is 0 Å². The third kappa shape index (κ3) is 2.95. The van der Waals surface area contributed by atoms with Crippen LogP contribution in [0.5, 0.6) is 0 Å². The molecule has 1 saturated carbocycles. The van der Waals surface area contributed by atoms with Crippen LogP contribution in [0.2, 0.25) is 0 Å². The first kappa shape index (κ1) is 18.0. The Hall–Kier alpha value is -2.77. The molecule has 1 aromatic rings. The third-order valence-corrected chi connectivity index (χ3v) is 5.44. The van der Waals surface area contributed by atoms with Gasteiger partial charge in [-0.05, 0) is 31.4 Å². The Morgan fingerprint density at radius 3 is 2.04 bits per heavy atom. The van der Waals surface area contributed by atoms with Gasteiger partial charge in [0.2, 0.25) is 17.7 Å². The molecule has 138 valence electrons. The van der Waals surface area contributed by atoms with Gasteiger partial charge in [0.15, 0.2) is 0 Å². The summed E-state index contributed by atoms with van der Waals surface area (Å²) in [6.07, 6.45) is 3.97. The molecule has 2 fully saturated rings. The second-order valence-corrected chi connectivity index (χ2v) is 8.14. The van der Waals surface area contributed by atoms with Crippen molar-refractivity contribution >= 4 is 23.6 Å². The summed E-state index contributed by atoms with van der Waals surface area (Å²) in [6.45, 7) is 5.27. The highest BCUT2D eigenvalue weighted by Crippen LogP contribution is 2.56. The van der Waals surface area contributed by atoms with Crippen LogP contribution in [0.15, 0.2) is 24.5 Å². The SMILES string of the molecule is CC1(C(=O)NNC(=O)c2ccncc2)CC2(C)CC(C)(C1)C(=O)NC2=O. The molecule has 8 heteroatoms. The molecule has 26 heavy (non-hydrogen) atoms. The molecule has 8 nitrogen and oxygen atoms in total. The van der Waals surface area contributed by atoms with Crippen LogP contribution in [-0.2, 0) is 14.4 Å². The lowest BCUT2D eigenvalue weighted by Gasteiger charge is -2.53. The van der Waals surface area contributed by atoms with E-state index >= 15 is 0 Å². The molecule has 1 aliphatic carbocycles. The minimum Gasteiger partial charge on any atom is -0.296 e. The Bertz CT molecular complexity index is 766. The van der Waals surface area contributed by atoms with E-state index in [0.29, 0.717) is 24.8 Å². The van der Waals surface area contributed by atoms with Crippen molar-refractivity contribution < 1.29 is 19.2 Å². The molecule has 1 saturated heterocycles. The minimum absolute atomic E-state index is 0.297. The van der Waals surface area contributed by atoms with E-state index in [9.17, 15) is 19.2 Å². The molecule has 0 radical (unpaired) electrons. The summed E-state index contributed by atoms with van der Waals surface area (Å²) < 4.78 is 0. The van der Waals surface area contributed by atoms with Gasteiger partial charge in [-0.2, -0.15) is 0 Å². The van der Waals surface area contributed by atoms with Crippen molar-refractivity contribution in [2.24, 2.45) is 16.2 Å². The number of carbonyl (C=O) groups is 4. The van der Waals surface area contributed by atoms with Crippen molar-refractivity contribution in [1.29, 1.82) is 0 Å². The number of aromatic nitrogens is 1. The van der Waals surface area contributed by atoms with Gasteiger partial charge in [0, 0.05) is 28.8 Å². The number of imide groups is 1. The van der Waals surface area contributed by atoms with Gasteiger partial charge in [0.1, 0.15) is 0 Å². The van der Waals surface area contributed by atoms with Crippen LogP contribution in [0.25, 0.3) is 0 Å². The van der Waals surface area contributed by atoms with E-state index in [1.54, 1.807) is 20.8 Å². The number of carbonyl (C=O) groups excluding carboxylic acids is 4. The predicted octanol–water partition coefficient (Wildman–Crippen LogP) is 0.702. The first-order valence-electron chi connectivity index (χ1n) is 8.45. The molecule has 1 aliphatic heterocycles. The van der Waals surface area contributed by atoms with Crippen molar-refractivity contribution in [3.05, 3.63) is 30.1 Å². The fourth-order valence-corrected chi connectivity index (χ4v) is 4.50. The molecule has 2 heterocycles. The number of nitrogens with zero attached hydrogens (tertiary/aromatic N) is 1. The highest BCUT2D eigenvalue weighted by Gasteiger charge is 2.60. The topological polar surface area (TPSA) is 117 Å². The van der Waals surface area contributed by atoms with Crippen molar-refractivity contribution in [3.63, 3.8) is 0 Å². The first-order chi connectivity index (χ1) is 12.1. The second-order valence-electron chi connectivity index (χ2n) is 8.14. The number of amides is 4. The van der Waals surface area contributed by atoms with Gasteiger partial charge < -0.3 is 0 Å². The van der Waals surface area contributed by atoms with E-state index < -0.39 is 28.1 Å². The lowest BCUT2D eigenvalue weighted by molar-refractivity contribution is -0.164. The van der Waals surface area contributed by atoms with Gasteiger partial charge in [-0.1, -0.05) is 20.8 Å². The molecule has 4 amide bonds. The highest BCUT2D eigenvalue weighted by molar-refractivity contribution is 6.04. The molecule has 2 aliphatic rings. The predicted molar refractivity (Wildman–Crippen MR) is 91.2 cm³/mol. The molecular weight excluding hydrogens is 336 g/mol. The molecule has 1 aromatic heterocycles. The summed E-state index contributed by atoms with van der Waals surface area (Å²) >= 11 is 0. The van der Waals surface area contributed by atoms with Gasteiger partial charge in [-0.3, -0.25) is 40.3 Å². The average molecular weight is 358 g/mol. The van der Waals surface area contributed by atoms with Gasteiger partial charge in [-0.25, -0.2) is 0 Å². The summed E-state index contributed by atoms with van der Waals surface area (Å²) in [5, 5.41) is 2.43.